The molecule has 25 heavy (non-hydrogen) atoms. The lowest BCUT2D eigenvalue weighted by atomic mass is 10.1. The molecule has 0 aliphatic carbocycles. The van der Waals surface area contributed by atoms with Crippen molar-refractivity contribution in [2.45, 2.75) is 109 Å². The van der Waals surface area contributed by atoms with E-state index >= 15 is 0 Å². The molecule has 1 unspecified atom stereocenters. The largest absolute Gasteiger partial charge is 0.396 e. The van der Waals surface area contributed by atoms with Crippen LogP contribution in [0.15, 0.2) is 0 Å². The lowest BCUT2D eigenvalue weighted by molar-refractivity contribution is -0.161. The van der Waals surface area contributed by atoms with Crippen LogP contribution in [0.4, 0.5) is 0 Å². The van der Waals surface area contributed by atoms with Crippen molar-refractivity contribution in [1.29, 1.82) is 0 Å². The van der Waals surface area contributed by atoms with Crippen molar-refractivity contribution in [3.8, 4) is 0 Å². The van der Waals surface area contributed by atoms with Gasteiger partial charge in [0.15, 0.2) is 0 Å². The summed E-state index contributed by atoms with van der Waals surface area (Å²) < 4.78 is 4.76. The lowest BCUT2D eigenvalue weighted by Gasteiger charge is -2.09. The molecule has 0 fully saturated rings. The van der Waals surface area contributed by atoms with E-state index in [4.69, 9.17) is 9.84 Å². The van der Waals surface area contributed by atoms with Gasteiger partial charge in [-0.15, -0.1) is 0 Å². The van der Waals surface area contributed by atoms with Gasteiger partial charge in [-0.1, -0.05) is 71.1 Å². The molecule has 0 heterocycles. The van der Waals surface area contributed by atoms with Crippen molar-refractivity contribution in [3.63, 3.8) is 0 Å². The Morgan fingerprint density at radius 3 is 2.00 bits per heavy atom. The summed E-state index contributed by atoms with van der Waals surface area (Å²) in [5.41, 5.74) is 0. The summed E-state index contributed by atoms with van der Waals surface area (Å²) in [5.74, 6) is -1.10. The third-order valence-corrected chi connectivity index (χ3v) is 4.31. The van der Waals surface area contributed by atoms with Crippen LogP contribution in [0.3, 0.4) is 0 Å². The van der Waals surface area contributed by atoms with Gasteiger partial charge >= 0.3 is 11.9 Å². The number of ether oxygens (including phenoxy) is 1. The summed E-state index contributed by atoms with van der Waals surface area (Å²) in [5, 5.41) is 18.5. The highest BCUT2D eigenvalue weighted by atomic mass is 16.6. The fraction of sp³-hybridized carbons (Fsp3) is 0.900. The zero-order valence-electron chi connectivity index (χ0n) is 16.0. The lowest BCUT2D eigenvalue weighted by Crippen LogP contribution is -2.18. The number of esters is 2. The van der Waals surface area contributed by atoms with Crippen molar-refractivity contribution in [2.75, 3.05) is 6.61 Å². The second-order valence-electron chi connectivity index (χ2n) is 6.86. The van der Waals surface area contributed by atoms with Gasteiger partial charge in [0.2, 0.25) is 0 Å². The maximum atomic E-state index is 11.6. The smallest absolute Gasteiger partial charge is 0.316 e. The van der Waals surface area contributed by atoms with E-state index in [-0.39, 0.29) is 19.4 Å². The van der Waals surface area contributed by atoms with Gasteiger partial charge in [-0.3, -0.25) is 9.59 Å². The first kappa shape index (κ1) is 24.1. The van der Waals surface area contributed by atoms with Gasteiger partial charge in [0.05, 0.1) is 12.5 Å². The SMILES string of the molecule is CCCCCCCC(O)CC(=O)OC(=O)CCCCCCCCCO. The Morgan fingerprint density at radius 1 is 0.800 bits per heavy atom. The van der Waals surface area contributed by atoms with Gasteiger partial charge in [0.25, 0.3) is 0 Å². The molecule has 0 saturated heterocycles. The van der Waals surface area contributed by atoms with Gasteiger partial charge < -0.3 is 14.9 Å². The second kappa shape index (κ2) is 17.9. The van der Waals surface area contributed by atoms with Crippen LogP contribution in [-0.4, -0.2) is 34.9 Å². The predicted molar refractivity (Wildman–Crippen MR) is 99.1 cm³/mol. The van der Waals surface area contributed by atoms with Crippen LogP contribution in [-0.2, 0) is 14.3 Å². The maximum absolute atomic E-state index is 11.6. The van der Waals surface area contributed by atoms with Gasteiger partial charge in [0, 0.05) is 13.0 Å². The molecule has 5 heteroatoms. The fourth-order valence-electron chi connectivity index (χ4n) is 2.76. The Balaban J connectivity index is 3.53. The normalized spacial score (nSPS) is 12.1. The number of aliphatic hydroxyl groups excluding tert-OH is 2. The Bertz CT molecular complexity index is 330. The Kier molecular flexibility index (Phi) is 17.2. The van der Waals surface area contributed by atoms with E-state index < -0.39 is 18.0 Å². The predicted octanol–water partition coefficient (Wildman–Crippen LogP) is 4.28. The van der Waals surface area contributed by atoms with Crippen molar-refractivity contribution < 1.29 is 24.5 Å². The van der Waals surface area contributed by atoms with Crippen LogP contribution >= 0.6 is 0 Å². The third kappa shape index (κ3) is 17.7. The van der Waals surface area contributed by atoms with Crippen LogP contribution < -0.4 is 0 Å². The first-order valence-corrected chi connectivity index (χ1v) is 10.1. The summed E-state index contributed by atoms with van der Waals surface area (Å²) in [6.45, 7) is 2.41. The average Bonchev–Trinajstić information content (AvgIpc) is 2.56. The molecular weight excluding hydrogens is 320 g/mol. The van der Waals surface area contributed by atoms with E-state index in [0.717, 1.165) is 64.2 Å². The first-order chi connectivity index (χ1) is 12.1. The summed E-state index contributed by atoms with van der Waals surface area (Å²) in [6, 6.07) is 0. The quantitative estimate of drug-likeness (QED) is 0.230. The van der Waals surface area contributed by atoms with Crippen molar-refractivity contribution >= 4 is 11.9 Å². The molecule has 5 nitrogen and oxygen atoms in total. The topological polar surface area (TPSA) is 83.8 Å². The van der Waals surface area contributed by atoms with Gasteiger partial charge in [-0.2, -0.15) is 0 Å². The van der Waals surface area contributed by atoms with Crippen LogP contribution in [0.5, 0.6) is 0 Å². The summed E-state index contributed by atoms with van der Waals surface area (Å²) in [7, 11) is 0. The monoisotopic (exact) mass is 358 g/mol. The molecule has 1 atom stereocenters. The van der Waals surface area contributed by atoms with E-state index in [9.17, 15) is 14.7 Å². The number of rotatable bonds is 17. The van der Waals surface area contributed by atoms with Crippen molar-refractivity contribution in [3.05, 3.63) is 0 Å². The molecular formula is C20H38O5. The number of hydrogen-bond donors (Lipinski definition) is 2. The first-order valence-electron chi connectivity index (χ1n) is 10.1. The van der Waals surface area contributed by atoms with Crippen molar-refractivity contribution in [2.24, 2.45) is 0 Å². The molecule has 0 amide bonds. The maximum Gasteiger partial charge on any atom is 0.316 e. The molecule has 0 rings (SSSR count). The minimum Gasteiger partial charge on any atom is -0.396 e. The van der Waals surface area contributed by atoms with Gasteiger partial charge in [-0.05, 0) is 19.3 Å². The third-order valence-electron chi connectivity index (χ3n) is 4.31. The van der Waals surface area contributed by atoms with E-state index in [1.807, 2.05) is 0 Å². The fourth-order valence-corrected chi connectivity index (χ4v) is 2.76. The standard InChI is InChI=1S/C20H38O5/c1-2-3-4-8-11-14-18(22)17-20(24)25-19(23)15-12-9-6-5-7-10-13-16-21/h18,21-22H,2-17H2,1H3. The van der Waals surface area contributed by atoms with E-state index in [1.54, 1.807) is 0 Å². The molecule has 0 radical (unpaired) electrons. The van der Waals surface area contributed by atoms with Crippen molar-refractivity contribution in [1.82, 2.24) is 0 Å². The van der Waals surface area contributed by atoms with Crippen LogP contribution in [0, 0.1) is 0 Å². The summed E-state index contributed by atoms with van der Waals surface area (Å²) in [6.07, 6.45) is 12.4. The van der Waals surface area contributed by atoms with Crippen LogP contribution in [0.2, 0.25) is 0 Å². The number of carbonyl (C=O) groups is 2. The molecule has 0 aromatic rings. The number of aliphatic hydroxyl groups is 2. The summed E-state index contributed by atoms with van der Waals surface area (Å²) in [4.78, 5) is 23.2. The molecule has 0 saturated carbocycles. The highest BCUT2D eigenvalue weighted by molar-refractivity contribution is 5.85. The minimum atomic E-state index is -0.708. The zero-order chi connectivity index (χ0) is 18.8. The van der Waals surface area contributed by atoms with Gasteiger partial charge in [-0.25, -0.2) is 0 Å². The number of hydrogen-bond acceptors (Lipinski definition) is 5. The van der Waals surface area contributed by atoms with Crippen LogP contribution in [0.25, 0.3) is 0 Å². The molecule has 0 spiro atoms. The highest BCUT2D eigenvalue weighted by Gasteiger charge is 2.15. The summed E-state index contributed by atoms with van der Waals surface area (Å²) >= 11 is 0. The molecule has 0 aromatic heterocycles. The average molecular weight is 359 g/mol. The van der Waals surface area contributed by atoms with E-state index in [0.29, 0.717) is 6.42 Å². The molecule has 0 aliphatic heterocycles. The Hall–Kier alpha value is -0.940. The molecule has 2 N–H and O–H groups in total. The highest BCUT2D eigenvalue weighted by Crippen LogP contribution is 2.11. The zero-order valence-corrected chi connectivity index (χ0v) is 16.0. The Labute approximate surface area is 153 Å². The van der Waals surface area contributed by atoms with E-state index in [2.05, 4.69) is 6.92 Å². The molecule has 0 bridgehead atoms. The minimum absolute atomic E-state index is 0.0929. The second-order valence-corrected chi connectivity index (χ2v) is 6.86. The number of carbonyl (C=O) groups excluding carboxylic acids is 2. The van der Waals surface area contributed by atoms with E-state index in [1.165, 1.54) is 12.8 Å². The van der Waals surface area contributed by atoms with Gasteiger partial charge in [0.1, 0.15) is 0 Å². The molecule has 0 aliphatic rings. The molecule has 0 aromatic carbocycles. The Morgan fingerprint density at radius 2 is 1.36 bits per heavy atom. The molecule has 148 valence electrons. The van der Waals surface area contributed by atoms with Crippen LogP contribution in [0.1, 0.15) is 103 Å². The number of unbranched alkanes of at least 4 members (excludes halogenated alkanes) is 10.